The van der Waals surface area contributed by atoms with Gasteiger partial charge in [0, 0.05) is 11.0 Å². The lowest BCUT2D eigenvalue weighted by molar-refractivity contribution is 0.372. The third kappa shape index (κ3) is 3.05. The molecule has 0 saturated carbocycles. The van der Waals surface area contributed by atoms with Crippen molar-refractivity contribution in [2.24, 2.45) is 0 Å². The highest BCUT2D eigenvalue weighted by Crippen LogP contribution is 2.36. The molecule has 0 atom stereocenters. The summed E-state index contributed by atoms with van der Waals surface area (Å²) >= 11 is 4.88. The van der Waals surface area contributed by atoms with Crippen LogP contribution in [0.15, 0.2) is 25.8 Å². The maximum absolute atomic E-state index is 12.4. The van der Waals surface area contributed by atoms with Crippen LogP contribution >= 0.6 is 27.3 Å². The molecule has 1 N–H and O–H groups in total. The highest BCUT2D eigenvalue weighted by molar-refractivity contribution is 9.10. The number of phenols is 1. The van der Waals surface area contributed by atoms with Crippen LogP contribution in [0.3, 0.4) is 0 Å². The van der Waals surface area contributed by atoms with Gasteiger partial charge in [0.1, 0.15) is 10.2 Å². The maximum Gasteiger partial charge on any atom is 0.348 e. The average molecular weight is 434 g/mol. The van der Waals surface area contributed by atoms with Crippen molar-refractivity contribution in [1.82, 2.24) is 4.98 Å². The number of hydrogen-bond acceptors (Lipinski definition) is 6. The fourth-order valence-corrected chi connectivity index (χ4v) is 4.91. The van der Waals surface area contributed by atoms with Crippen LogP contribution in [-0.2, 0) is 12.8 Å². The monoisotopic (exact) mass is 433 g/mol. The molecule has 0 bridgehead atoms. The summed E-state index contributed by atoms with van der Waals surface area (Å²) in [6.45, 7) is 0. The molecule has 0 spiro atoms. The molecular formula is C19H16BrNO4S. The third-order valence-electron chi connectivity index (χ3n) is 4.45. The van der Waals surface area contributed by atoms with E-state index in [1.165, 1.54) is 12.0 Å². The largest absolute Gasteiger partial charge is 0.503 e. The van der Waals surface area contributed by atoms with Crippen molar-refractivity contribution >= 4 is 49.6 Å². The molecule has 1 aliphatic carbocycles. The van der Waals surface area contributed by atoms with Gasteiger partial charge in [0.2, 0.25) is 5.89 Å². The Kier molecular flexibility index (Phi) is 4.58. The van der Waals surface area contributed by atoms with E-state index in [2.05, 4.69) is 20.9 Å². The van der Waals surface area contributed by atoms with Gasteiger partial charge in [-0.2, -0.15) is 0 Å². The number of benzene rings is 1. The summed E-state index contributed by atoms with van der Waals surface area (Å²) in [4.78, 5) is 19.0. The lowest BCUT2D eigenvalue weighted by Gasteiger charge is -2.09. The number of rotatable bonds is 3. The summed E-state index contributed by atoms with van der Waals surface area (Å²) in [7, 11) is 1.49. The zero-order chi connectivity index (χ0) is 18.3. The highest BCUT2D eigenvalue weighted by atomic mass is 79.9. The summed E-state index contributed by atoms with van der Waals surface area (Å²) in [5, 5.41) is 10.5. The Hall–Kier alpha value is -2.12. The molecule has 134 valence electrons. The molecular weight excluding hydrogens is 418 g/mol. The Morgan fingerprint density at radius 2 is 2.12 bits per heavy atom. The van der Waals surface area contributed by atoms with E-state index in [-0.39, 0.29) is 17.3 Å². The van der Waals surface area contributed by atoms with E-state index in [9.17, 15) is 9.90 Å². The fraction of sp³-hybridized carbons (Fsp3) is 0.263. The van der Waals surface area contributed by atoms with Crippen molar-refractivity contribution in [3.8, 4) is 11.5 Å². The number of aryl methyl sites for hydroxylation is 2. The number of aromatic hydroxyl groups is 1. The number of aromatic nitrogens is 1. The minimum atomic E-state index is -0.321. The quantitative estimate of drug-likeness (QED) is 0.643. The van der Waals surface area contributed by atoms with E-state index in [0.29, 0.717) is 15.6 Å². The molecule has 0 unspecified atom stereocenters. The predicted octanol–water partition coefficient (Wildman–Crippen LogP) is 4.78. The average Bonchev–Trinajstić information content (AvgIpc) is 3.01. The number of nitrogens with zero attached hydrogens (tertiary/aromatic N) is 1. The van der Waals surface area contributed by atoms with Gasteiger partial charge in [-0.25, -0.2) is 9.78 Å². The Balaban J connectivity index is 1.73. The molecule has 2 aromatic heterocycles. The Morgan fingerprint density at radius 1 is 1.31 bits per heavy atom. The third-order valence-corrected chi connectivity index (χ3v) is 6.25. The van der Waals surface area contributed by atoms with Gasteiger partial charge < -0.3 is 14.3 Å². The second-order valence-corrected chi connectivity index (χ2v) is 8.06. The van der Waals surface area contributed by atoms with Gasteiger partial charge in [-0.15, -0.1) is 11.3 Å². The normalized spacial score (nSPS) is 14.1. The first kappa shape index (κ1) is 17.3. The van der Waals surface area contributed by atoms with Gasteiger partial charge in [-0.3, -0.25) is 0 Å². The minimum Gasteiger partial charge on any atom is -0.503 e. The first-order chi connectivity index (χ1) is 12.6. The molecule has 5 nitrogen and oxygen atoms in total. The lowest BCUT2D eigenvalue weighted by atomic mass is 9.97. The molecule has 0 aliphatic heterocycles. The van der Waals surface area contributed by atoms with Crippen molar-refractivity contribution < 1.29 is 14.3 Å². The van der Waals surface area contributed by atoms with E-state index in [1.54, 1.807) is 35.6 Å². The molecule has 4 rings (SSSR count). The van der Waals surface area contributed by atoms with Crippen LogP contribution in [0.5, 0.6) is 11.5 Å². The molecule has 1 aliphatic rings. The number of halogens is 1. The van der Waals surface area contributed by atoms with E-state index in [0.717, 1.165) is 41.6 Å². The van der Waals surface area contributed by atoms with Crippen molar-refractivity contribution in [3.63, 3.8) is 0 Å². The maximum atomic E-state index is 12.4. The van der Waals surface area contributed by atoms with Crippen LogP contribution in [-0.4, -0.2) is 17.2 Å². The van der Waals surface area contributed by atoms with Crippen LogP contribution in [0.2, 0.25) is 0 Å². The summed E-state index contributed by atoms with van der Waals surface area (Å²) in [5.41, 5.74) is 1.58. The molecule has 0 saturated heterocycles. The zero-order valence-electron chi connectivity index (χ0n) is 14.0. The first-order valence-corrected chi connectivity index (χ1v) is 9.87. The molecule has 0 radical (unpaired) electrons. The van der Waals surface area contributed by atoms with Crippen molar-refractivity contribution in [2.75, 3.05) is 7.11 Å². The van der Waals surface area contributed by atoms with Crippen LogP contribution in [0.1, 0.15) is 34.7 Å². The summed E-state index contributed by atoms with van der Waals surface area (Å²) in [6.07, 6.45) is 7.63. The molecule has 3 aromatic rings. The van der Waals surface area contributed by atoms with Crippen LogP contribution in [0.4, 0.5) is 0 Å². The van der Waals surface area contributed by atoms with E-state index in [4.69, 9.17) is 9.15 Å². The second kappa shape index (κ2) is 6.89. The number of fused-ring (bicyclic) bond motifs is 3. The van der Waals surface area contributed by atoms with E-state index < -0.39 is 0 Å². The Labute approximate surface area is 162 Å². The van der Waals surface area contributed by atoms with Crippen LogP contribution in [0.25, 0.3) is 22.4 Å². The summed E-state index contributed by atoms with van der Waals surface area (Å²) in [5.74, 6) is 0.666. The van der Waals surface area contributed by atoms with Gasteiger partial charge in [-0.1, -0.05) is 0 Å². The molecule has 0 fully saturated rings. The van der Waals surface area contributed by atoms with Crippen LogP contribution in [0, 0.1) is 0 Å². The van der Waals surface area contributed by atoms with Gasteiger partial charge in [0.15, 0.2) is 11.5 Å². The van der Waals surface area contributed by atoms with Gasteiger partial charge >= 0.3 is 5.63 Å². The molecule has 1 aromatic carbocycles. The number of phenolic OH excluding ortho intramolecular Hbond substituents is 1. The van der Waals surface area contributed by atoms with Crippen LogP contribution < -0.4 is 10.4 Å². The number of hydrogen-bond donors (Lipinski definition) is 1. The van der Waals surface area contributed by atoms with Crippen molar-refractivity contribution in [1.29, 1.82) is 0 Å². The summed E-state index contributed by atoms with van der Waals surface area (Å²) < 4.78 is 11.1. The number of methoxy groups -OCH3 is 1. The smallest absolute Gasteiger partial charge is 0.348 e. The SMILES string of the molecule is COc1cc(/C=C/c2nc3sc4c(c3c(=O)o2)CCCC4)cc(Br)c1O. The van der Waals surface area contributed by atoms with Crippen molar-refractivity contribution in [2.45, 2.75) is 25.7 Å². The van der Waals surface area contributed by atoms with Gasteiger partial charge in [0.25, 0.3) is 0 Å². The Bertz CT molecular complexity index is 1080. The molecule has 2 heterocycles. The fourth-order valence-electron chi connectivity index (χ4n) is 3.19. The first-order valence-electron chi connectivity index (χ1n) is 8.27. The Morgan fingerprint density at radius 3 is 2.92 bits per heavy atom. The highest BCUT2D eigenvalue weighted by Gasteiger charge is 2.20. The van der Waals surface area contributed by atoms with E-state index >= 15 is 0 Å². The van der Waals surface area contributed by atoms with Gasteiger partial charge in [0.05, 0.1) is 11.6 Å². The standard InChI is InChI=1S/C19H16BrNO4S/c1-24-13-9-10(8-12(20)17(13)22)6-7-15-21-18-16(19(23)25-15)11-4-2-3-5-14(11)26-18/h6-9,22H,2-5H2,1H3/b7-6+. The topological polar surface area (TPSA) is 72.6 Å². The van der Waals surface area contributed by atoms with E-state index in [1.807, 2.05) is 0 Å². The number of thiophene rings is 1. The summed E-state index contributed by atoms with van der Waals surface area (Å²) in [6, 6.07) is 3.44. The second-order valence-electron chi connectivity index (χ2n) is 6.12. The number of ether oxygens (including phenoxy) is 1. The molecule has 26 heavy (non-hydrogen) atoms. The van der Waals surface area contributed by atoms with Gasteiger partial charge in [-0.05, 0) is 70.9 Å². The zero-order valence-corrected chi connectivity index (χ0v) is 16.4. The minimum absolute atomic E-state index is 0.0416. The predicted molar refractivity (Wildman–Crippen MR) is 106 cm³/mol. The lowest BCUT2D eigenvalue weighted by Crippen LogP contribution is -2.06. The molecule has 0 amide bonds. The van der Waals surface area contributed by atoms with Crippen molar-refractivity contribution in [3.05, 3.63) is 48.9 Å². The molecule has 7 heteroatoms.